The van der Waals surface area contributed by atoms with Gasteiger partial charge in [0.15, 0.2) is 0 Å². The van der Waals surface area contributed by atoms with Crippen molar-refractivity contribution in [2.45, 2.75) is 13.3 Å². The molecule has 4 N–H and O–H groups in total. The third kappa shape index (κ3) is 2.65. The van der Waals surface area contributed by atoms with Crippen LogP contribution in [0.4, 0.5) is 0 Å². The fourth-order valence-corrected chi connectivity index (χ4v) is 1.04. The maximum atomic E-state index is 5.56. The second-order valence-electron chi connectivity index (χ2n) is 2.89. The van der Waals surface area contributed by atoms with Gasteiger partial charge in [0.05, 0.1) is 6.61 Å². The van der Waals surface area contributed by atoms with Crippen molar-refractivity contribution in [3.8, 4) is 5.75 Å². The molecule has 0 bridgehead atoms. The highest BCUT2D eigenvalue weighted by Crippen LogP contribution is 2.13. The predicted octanol–water partition coefficient (Wildman–Crippen LogP) is 1.05. The Morgan fingerprint density at radius 2 is 2.29 bits per heavy atom. The Morgan fingerprint density at radius 3 is 2.93 bits per heavy atom. The Labute approximate surface area is 83.5 Å². The Balaban J connectivity index is 2.79. The monoisotopic (exact) mass is 193 g/mol. The summed E-state index contributed by atoms with van der Waals surface area (Å²) in [5.74, 6) is 6.18. The van der Waals surface area contributed by atoms with Gasteiger partial charge in [0, 0.05) is 5.56 Å². The van der Waals surface area contributed by atoms with Crippen molar-refractivity contribution in [2.24, 2.45) is 16.7 Å². The van der Waals surface area contributed by atoms with Crippen LogP contribution in [0.3, 0.4) is 0 Å². The molecule has 0 atom stereocenters. The number of amidine groups is 1. The largest absolute Gasteiger partial charge is 0.494 e. The Hall–Kier alpha value is -1.71. The topological polar surface area (TPSA) is 73.6 Å². The number of hydrogen-bond acceptors (Lipinski definition) is 3. The smallest absolute Gasteiger partial charge is 0.150 e. The minimum Gasteiger partial charge on any atom is -0.494 e. The molecule has 0 unspecified atom stereocenters. The summed E-state index contributed by atoms with van der Waals surface area (Å²) in [6.07, 6.45) is 0.977. The molecule has 0 saturated heterocycles. The number of ether oxygens (including phenoxy) is 1. The number of rotatable bonds is 4. The van der Waals surface area contributed by atoms with Crippen LogP contribution in [-0.4, -0.2) is 12.4 Å². The predicted molar refractivity (Wildman–Crippen MR) is 57.1 cm³/mol. The van der Waals surface area contributed by atoms with Gasteiger partial charge in [-0.3, -0.25) is 0 Å². The van der Waals surface area contributed by atoms with Gasteiger partial charge in [-0.1, -0.05) is 19.1 Å². The highest BCUT2D eigenvalue weighted by molar-refractivity contribution is 5.97. The number of hydrogen-bond donors (Lipinski definition) is 2. The first-order valence-electron chi connectivity index (χ1n) is 4.54. The zero-order chi connectivity index (χ0) is 10.4. The summed E-state index contributed by atoms with van der Waals surface area (Å²) in [5, 5.41) is 3.42. The Bertz CT molecular complexity index is 323. The summed E-state index contributed by atoms with van der Waals surface area (Å²) in [6.45, 7) is 2.75. The lowest BCUT2D eigenvalue weighted by Crippen LogP contribution is -2.15. The van der Waals surface area contributed by atoms with Crippen LogP contribution < -0.4 is 16.3 Å². The van der Waals surface area contributed by atoms with Crippen LogP contribution in [0.2, 0.25) is 0 Å². The van der Waals surface area contributed by atoms with E-state index in [9.17, 15) is 0 Å². The third-order valence-corrected chi connectivity index (χ3v) is 1.74. The van der Waals surface area contributed by atoms with Gasteiger partial charge in [-0.05, 0) is 18.6 Å². The van der Waals surface area contributed by atoms with E-state index in [1.165, 1.54) is 0 Å². The molecule has 4 heteroatoms. The lowest BCUT2D eigenvalue weighted by Gasteiger charge is -2.05. The van der Waals surface area contributed by atoms with E-state index in [1.54, 1.807) is 0 Å². The van der Waals surface area contributed by atoms with Gasteiger partial charge in [-0.2, -0.15) is 5.10 Å². The van der Waals surface area contributed by atoms with Crippen molar-refractivity contribution in [1.29, 1.82) is 0 Å². The standard InChI is InChI=1S/C10H15N3O/c1-2-6-14-9-5-3-4-8(7-9)10(11)13-12/h3-5,7H,2,6,12H2,1H3,(H2,11,13). The minimum absolute atomic E-state index is 0.312. The highest BCUT2D eigenvalue weighted by atomic mass is 16.5. The van der Waals surface area contributed by atoms with Crippen LogP contribution >= 0.6 is 0 Å². The lowest BCUT2D eigenvalue weighted by molar-refractivity contribution is 0.317. The number of nitrogens with zero attached hydrogens (tertiary/aromatic N) is 1. The average Bonchev–Trinajstić information content (AvgIpc) is 2.25. The van der Waals surface area contributed by atoms with Gasteiger partial charge >= 0.3 is 0 Å². The minimum atomic E-state index is 0.312. The first-order valence-corrected chi connectivity index (χ1v) is 4.54. The van der Waals surface area contributed by atoms with Crippen LogP contribution in [-0.2, 0) is 0 Å². The normalized spacial score (nSPS) is 11.4. The molecule has 0 aliphatic heterocycles. The molecular formula is C10H15N3O. The molecule has 0 fully saturated rings. The average molecular weight is 193 g/mol. The Kier molecular flexibility index (Phi) is 3.79. The zero-order valence-electron chi connectivity index (χ0n) is 8.23. The fraction of sp³-hybridized carbons (Fsp3) is 0.300. The number of nitrogens with two attached hydrogens (primary N) is 2. The van der Waals surface area contributed by atoms with E-state index in [2.05, 4.69) is 12.0 Å². The highest BCUT2D eigenvalue weighted by Gasteiger charge is 1.99. The van der Waals surface area contributed by atoms with Crippen molar-refractivity contribution >= 4 is 5.84 Å². The summed E-state index contributed by atoms with van der Waals surface area (Å²) in [5.41, 5.74) is 6.34. The zero-order valence-corrected chi connectivity index (χ0v) is 8.23. The molecule has 0 amide bonds. The summed E-state index contributed by atoms with van der Waals surface area (Å²) in [4.78, 5) is 0. The van der Waals surface area contributed by atoms with Crippen molar-refractivity contribution in [2.75, 3.05) is 6.61 Å². The van der Waals surface area contributed by atoms with Crippen LogP contribution in [0.1, 0.15) is 18.9 Å². The molecule has 1 rings (SSSR count). The van der Waals surface area contributed by atoms with E-state index in [1.807, 2.05) is 24.3 Å². The van der Waals surface area contributed by atoms with E-state index < -0.39 is 0 Å². The van der Waals surface area contributed by atoms with Crippen molar-refractivity contribution in [3.05, 3.63) is 29.8 Å². The molecule has 0 aromatic heterocycles. The molecule has 0 radical (unpaired) electrons. The van der Waals surface area contributed by atoms with Crippen molar-refractivity contribution in [3.63, 3.8) is 0 Å². The molecular weight excluding hydrogens is 178 g/mol. The SMILES string of the molecule is CCCOc1cccc(/C(N)=N/N)c1. The van der Waals surface area contributed by atoms with Gasteiger partial charge < -0.3 is 16.3 Å². The van der Waals surface area contributed by atoms with E-state index in [-0.39, 0.29) is 0 Å². The number of hydrazone groups is 1. The number of benzene rings is 1. The molecule has 4 nitrogen and oxygen atoms in total. The quantitative estimate of drug-likeness (QED) is 0.325. The maximum absolute atomic E-state index is 5.56. The Morgan fingerprint density at radius 1 is 1.50 bits per heavy atom. The van der Waals surface area contributed by atoms with Crippen LogP contribution in [0, 0.1) is 0 Å². The fourth-order valence-electron chi connectivity index (χ4n) is 1.04. The maximum Gasteiger partial charge on any atom is 0.150 e. The lowest BCUT2D eigenvalue weighted by atomic mass is 10.2. The molecule has 0 aliphatic rings. The van der Waals surface area contributed by atoms with Gasteiger partial charge in [-0.15, -0.1) is 0 Å². The van der Waals surface area contributed by atoms with Crippen LogP contribution in [0.5, 0.6) is 5.75 Å². The summed E-state index contributed by atoms with van der Waals surface area (Å²) in [7, 11) is 0. The van der Waals surface area contributed by atoms with Crippen LogP contribution in [0.15, 0.2) is 29.4 Å². The summed E-state index contributed by atoms with van der Waals surface area (Å²) in [6, 6.07) is 7.40. The van der Waals surface area contributed by atoms with E-state index >= 15 is 0 Å². The van der Waals surface area contributed by atoms with Gasteiger partial charge in [-0.25, -0.2) is 0 Å². The molecule has 0 saturated carbocycles. The molecule has 0 aliphatic carbocycles. The second kappa shape index (κ2) is 5.11. The molecule has 1 aromatic rings. The summed E-state index contributed by atoms with van der Waals surface area (Å²) < 4.78 is 5.44. The first kappa shape index (κ1) is 10.4. The van der Waals surface area contributed by atoms with Crippen LogP contribution in [0.25, 0.3) is 0 Å². The molecule has 0 heterocycles. The van der Waals surface area contributed by atoms with E-state index in [0.29, 0.717) is 12.4 Å². The third-order valence-electron chi connectivity index (χ3n) is 1.74. The van der Waals surface area contributed by atoms with Crippen molar-refractivity contribution in [1.82, 2.24) is 0 Å². The molecule has 0 spiro atoms. The van der Waals surface area contributed by atoms with E-state index in [0.717, 1.165) is 17.7 Å². The van der Waals surface area contributed by atoms with E-state index in [4.69, 9.17) is 16.3 Å². The first-order chi connectivity index (χ1) is 6.77. The molecule has 14 heavy (non-hydrogen) atoms. The van der Waals surface area contributed by atoms with Gasteiger partial charge in [0.1, 0.15) is 11.6 Å². The van der Waals surface area contributed by atoms with Gasteiger partial charge in [0.25, 0.3) is 0 Å². The van der Waals surface area contributed by atoms with Gasteiger partial charge in [0.2, 0.25) is 0 Å². The van der Waals surface area contributed by atoms with Crippen molar-refractivity contribution < 1.29 is 4.74 Å². The summed E-state index contributed by atoms with van der Waals surface area (Å²) >= 11 is 0. The second-order valence-corrected chi connectivity index (χ2v) is 2.89. The molecule has 76 valence electrons. The molecule has 1 aromatic carbocycles.